The fourth-order valence-electron chi connectivity index (χ4n) is 1.58. The number of hydrogen-bond donors (Lipinski definition) is 1. The van der Waals surface area contributed by atoms with Gasteiger partial charge in [0.15, 0.2) is 0 Å². The monoisotopic (exact) mass is 291 g/mol. The Hall–Kier alpha value is 0.490. The lowest BCUT2D eigenvalue weighted by Gasteiger charge is -2.09. The average Bonchev–Trinajstić information content (AvgIpc) is 2.77. The highest BCUT2D eigenvalue weighted by Crippen LogP contribution is 2.22. The van der Waals surface area contributed by atoms with Gasteiger partial charge in [-0.3, -0.25) is 0 Å². The Labute approximate surface area is 102 Å². The molecule has 2 heterocycles. The van der Waals surface area contributed by atoms with Crippen molar-refractivity contribution in [3.05, 3.63) is 20.8 Å². The zero-order valence-corrected chi connectivity index (χ0v) is 11.2. The minimum Gasteiger partial charge on any atom is -0.313 e. The Balaban J connectivity index is 1.67. The normalized spacial score (nSPS) is 21.6. The summed E-state index contributed by atoms with van der Waals surface area (Å²) in [5, 5.41) is 3.61. The molecule has 2 rings (SSSR count). The summed E-state index contributed by atoms with van der Waals surface area (Å²) in [6.07, 6.45) is 2.51. The van der Waals surface area contributed by atoms with Crippen molar-refractivity contribution in [2.24, 2.45) is 0 Å². The first-order valence-electron chi connectivity index (χ1n) is 4.90. The maximum atomic E-state index is 3.61. The average molecular weight is 292 g/mol. The number of rotatable bonds is 4. The van der Waals surface area contributed by atoms with Crippen molar-refractivity contribution in [3.63, 3.8) is 0 Å². The molecule has 0 spiro atoms. The third-order valence-corrected chi connectivity index (χ3v) is 5.21. The summed E-state index contributed by atoms with van der Waals surface area (Å²) in [6.45, 7) is 1.12. The van der Waals surface area contributed by atoms with E-state index in [0.717, 1.165) is 19.0 Å². The number of hydrogen-bond acceptors (Lipinski definition) is 3. The van der Waals surface area contributed by atoms with Gasteiger partial charge in [-0.1, -0.05) is 0 Å². The van der Waals surface area contributed by atoms with Gasteiger partial charge >= 0.3 is 0 Å². The Bertz CT molecular complexity index is 281. The summed E-state index contributed by atoms with van der Waals surface area (Å²) in [5.41, 5.74) is 0. The van der Waals surface area contributed by atoms with Gasteiger partial charge in [-0.05, 0) is 46.7 Å². The van der Waals surface area contributed by atoms with Gasteiger partial charge < -0.3 is 5.32 Å². The van der Waals surface area contributed by atoms with E-state index in [0.29, 0.717) is 0 Å². The van der Waals surface area contributed by atoms with Crippen molar-refractivity contribution >= 4 is 39.0 Å². The zero-order chi connectivity index (χ0) is 9.80. The number of nitrogens with one attached hydrogen (secondary N) is 1. The molecule has 0 amide bonds. The van der Waals surface area contributed by atoms with Gasteiger partial charge in [0.05, 0.1) is 3.79 Å². The van der Waals surface area contributed by atoms with Gasteiger partial charge in [-0.25, -0.2) is 0 Å². The summed E-state index contributed by atoms with van der Waals surface area (Å²) in [4.78, 5) is 1.47. The van der Waals surface area contributed by atoms with Crippen LogP contribution in [0.15, 0.2) is 15.9 Å². The smallest absolute Gasteiger partial charge is 0.0701 e. The Morgan fingerprint density at radius 1 is 1.50 bits per heavy atom. The predicted octanol–water partition coefficient (Wildman–Crippen LogP) is 3.15. The van der Waals surface area contributed by atoms with Crippen LogP contribution in [0.25, 0.3) is 0 Å². The molecule has 1 aromatic rings. The molecule has 1 atom stereocenters. The first-order chi connectivity index (χ1) is 6.84. The molecule has 1 nitrogen and oxygen atoms in total. The van der Waals surface area contributed by atoms with Gasteiger partial charge in [-0.2, -0.15) is 11.8 Å². The number of halogens is 1. The van der Waals surface area contributed by atoms with Crippen LogP contribution in [0.1, 0.15) is 11.3 Å². The summed E-state index contributed by atoms with van der Waals surface area (Å²) in [7, 11) is 0. The molecule has 78 valence electrons. The largest absolute Gasteiger partial charge is 0.313 e. The van der Waals surface area contributed by atoms with Crippen LogP contribution in [0.4, 0.5) is 0 Å². The van der Waals surface area contributed by atoms with Crippen LogP contribution in [0, 0.1) is 0 Å². The van der Waals surface area contributed by atoms with Crippen molar-refractivity contribution in [2.75, 3.05) is 18.1 Å². The predicted molar refractivity (Wildman–Crippen MR) is 69.5 cm³/mol. The molecule has 1 aliphatic heterocycles. The van der Waals surface area contributed by atoms with Crippen LogP contribution < -0.4 is 5.32 Å². The SMILES string of the molecule is Brc1ccc(CCNC2CCSC2)s1. The van der Waals surface area contributed by atoms with E-state index in [2.05, 4.69) is 45.1 Å². The molecule has 1 aliphatic rings. The lowest BCUT2D eigenvalue weighted by Crippen LogP contribution is -2.30. The summed E-state index contributed by atoms with van der Waals surface area (Å²) in [5.74, 6) is 2.64. The lowest BCUT2D eigenvalue weighted by molar-refractivity contribution is 0.562. The molecule has 0 aromatic carbocycles. The quantitative estimate of drug-likeness (QED) is 0.915. The highest BCUT2D eigenvalue weighted by atomic mass is 79.9. The molecule has 14 heavy (non-hydrogen) atoms. The number of thioether (sulfide) groups is 1. The van der Waals surface area contributed by atoms with Gasteiger partial charge in [-0.15, -0.1) is 11.3 Å². The fraction of sp³-hybridized carbons (Fsp3) is 0.600. The van der Waals surface area contributed by atoms with Crippen LogP contribution >= 0.6 is 39.0 Å². The van der Waals surface area contributed by atoms with Gasteiger partial charge in [0.25, 0.3) is 0 Å². The van der Waals surface area contributed by atoms with Crippen molar-refractivity contribution in [1.82, 2.24) is 5.32 Å². The van der Waals surface area contributed by atoms with Gasteiger partial charge in [0, 0.05) is 23.2 Å². The highest BCUT2D eigenvalue weighted by molar-refractivity contribution is 9.11. The molecular formula is C10H14BrNS2. The maximum absolute atomic E-state index is 3.61. The molecular weight excluding hydrogens is 278 g/mol. The van der Waals surface area contributed by atoms with Gasteiger partial charge in [0.1, 0.15) is 0 Å². The molecule has 1 saturated heterocycles. The van der Waals surface area contributed by atoms with Crippen LogP contribution in [0.2, 0.25) is 0 Å². The lowest BCUT2D eigenvalue weighted by atomic mass is 10.2. The molecule has 0 saturated carbocycles. The van der Waals surface area contributed by atoms with Crippen LogP contribution in [0.5, 0.6) is 0 Å². The van der Waals surface area contributed by atoms with Gasteiger partial charge in [0.2, 0.25) is 0 Å². The molecule has 4 heteroatoms. The summed E-state index contributed by atoms with van der Waals surface area (Å²) in [6, 6.07) is 5.11. The molecule has 1 unspecified atom stereocenters. The van der Waals surface area contributed by atoms with Crippen molar-refractivity contribution < 1.29 is 0 Å². The van der Waals surface area contributed by atoms with Crippen molar-refractivity contribution in [1.29, 1.82) is 0 Å². The van der Waals surface area contributed by atoms with E-state index in [1.807, 2.05) is 11.3 Å². The molecule has 1 fully saturated rings. The van der Waals surface area contributed by atoms with Crippen LogP contribution in [0.3, 0.4) is 0 Å². The van der Waals surface area contributed by atoms with E-state index in [1.165, 1.54) is 26.6 Å². The van der Waals surface area contributed by atoms with E-state index in [4.69, 9.17) is 0 Å². The number of thiophene rings is 1. The first-order valence-corrected chi connectivity index (χ1v) is 7.66. The maximum Gasteiger partial charge on any atom is 0.0701 e. The Morgan fingerprint density at radius 3 is 3.07 bits per heavy atom. The third kappa shape index (κ3) is 3.26. The van der Waals surface area contributed by atoms with Crippen molar-refractivity contribution in [2.45, 2.75) is 18.9 Å². The second kappa shape index (κ2) is 5.54. The second-order valence-electron chi connectivity index (χ2n) is 3.47. The summed E-state index contributed by atoms with van der Waals surface area (Å²) >= 11 is 7.39. The molecule has 0 bridgehead atoms. The van der Waals surface area contributed by atoms with Crippen LogP contribution in [-0.4, -0.2) is 24.1 Å². The van der Waals surface area contributed by atoms with E-state index in [-0.39, 0.29) is 0 Å². The minimum atomic E-state index is 0.767. The molecule has 0 aliphatic carbocycles. The molecule has 1 N–H and O–H groups in total. The van der Waals surface area contributed by atoms with E-state index in [9.17, 15) is 0 Å². The third-order valence-electron chi connectivity index (χ3n) is 2.36. The topological polar surface area (TPSA) is 12.0 Å². The molecule has 1 aromatic heterocycles. The van der Waals surface area contributed by atoms with E-state index >= 15 is 0 Å². The molecule has 0 radical (unpaired) electrons. The Morgan fingerprint density at radius 2 is 2.43 bits per heavy atom. The van der Waals surface area contributed by atoms with Crippen molar-refractivity contribution in [3.8, 4) is 0 Å². The summed E-state index contributed by atoms with van der Waals surface area (Å²) < 4.78 is 1.24. The second-order valence-corrected chi connectivity index (χ2v) is 7.17. The minimum absolute atomic E-state index is 0.767. The van der Waals surface area contributed by atoms with E-state index < -0.39 is 0 Å². The fourth-order valence-corrected chi connectivity index (χ4v) is 4.25. The standard InChI is InChI=1S/C10H14BrNS2/c11-10-2-1-9(14-10)3-5-12-8-4-6-13-7-8/h1-2,8,12H,3-7H2. The van der Waals surface area contributed by atoms with Crippen LogP contribution in [-0.2, 0) is 6.42 Å². The zero-order valence-electron chi connectivity index (χ0n) is 7.96. The Kier molecular flexibility index (Phi) is 4.35. The first kappa shape index (κ1) is 11.0. The van der Waals surface area contributed by atoms with E-state index in [1.54, 1.807) is 0 Å². The highest BCUT2D eigenvalue weighted by Gasteiger charge is 2.13.